The van der Waals surface area contributed by atoms with Crippen LogP contribution < -0.4 is 0 Å². The summed E-state index contributed by atoms with van der Waals surface area (Å²) in [6.45, 7) is 7.93. The molecule has 0 unspecified atom stereocenters. The minimum atomic E-state index is 0.897. The molecule has 0 saturated carbocycles. The van der Waals surface area contributed by atoms with Gasteiger partial charge in [0.15, 0.2) is 0 Å². The molecule has 11 heavy (non-hydrogen) atoms. The van der Waals surface area contributed by atoms with Crippen LogP contribution in [0.25, 0.3) is 0 Å². The normalized spacial score (nSPS) is 21.7. The van der Waals surface area contributed by atoms with Crippen LogP contribution in [0.3, 0.4) is 0 Å². The number of nitrogens with zero attached hydrogens (tertiary/aromatic N) is 1. The molecule has 0 heterocycles. The molecular formula is C9H11NS. The minimum Gasteiger partial charge on any atom is -0.219 e. The van der Waals surface area contributed by atoms with Gasteiger partial charge >= 0.3 is 0 Å². The molecule has 2 heteroatoms. The Hall–Kier alpha value is -0.760. The van der Waals surface area contributed by atoms with E-state index in [0.29, 0.717) is 0 Å². The third kappa shape index (κ3) is 1.46. The van der Waals surface area contributed by atoms with E-state index in [4.69, 9.17) is 0 Å². The molecule has 0 spiro atoms. The first kappa shape index (κ1) is 8.34. The fourth-order valence-corrected chi connectivity index (χ4v) is 1.27. The van der Waals surface area contributed by atoms with Crippen LogP contribution in [-0.4, -0.2) is 5.71 Å². The van der Waals surface area contributed by atoms with Gasteiger partial charge in [0.25, 0.3) is 0 Å². The Balaban J connectivity index is 3.13. The first-order valence-corrected chi connectivity index (χ1v) is 3.84. The van der Waals surface area contributed by atoms with Crippen molar-refractivity contribution < 1.29 is 0 Å². The van der Waals surface area contributed by atoms with Gasteiger partial charge in [-0.1, -0.05) is 18.7 Å². The van der Waals surface area contributed by atoms with E-state index in [9.17, 15) is 0 Å². The number of hydrogen-bond acceptors (Lipinski definition) is 2. The molecule has 1 rings (SSSR count). The monoisotopic (exact) mass is 165 g/mol. The zero-order chi connectivity index (χ0) is 8.43. The van der Waals surface area contributed by atoms with Gasteiger partial charge in [-0.3, -0.25) is 0 Å². The Morgan fingerprint density at radius 1 is 1.27 bits per heavy atom. The maximum atomic E-state index is 3.91. The maximum Gasteiger partial charge on any atom is 0.0808 e. The summed E-state index contributed by atoms with van der Waals surface area (Å²) >= 11 is 3.88. The predicted molar refractivity (Wildman–Crippen MR) is 53.1 cm³/mol. The Kier molecular flexibility index (Phi) is 2.35. The Labute approximate surface area is 72.8 Å². The van der Waals surface area contributed by atoms with Gasteiger partial charge in [-0.25, -0.2) is 4.40 Å². The lowest BCUT2D eigenvalue weighted by atomic mass is 9.94. The van der Waals surface area contributed by atoms with Crippen molar-refractivity contribution in [3.05, 3.63) is 35.5 Å². The smallest absolute Gasteiger partial charge is 0.0808 e. The van der Waals surface area contributed by atoms with E-state index in [0.717, 1.165) is 22.4 Å². The number of allylic oxidation sites excluding steroid dienone is 5. The molecule has 0 atom stereocenters. The number of thiol groups is 1. The second kappa shape index (κ2) is 3.09. The molecule has 1 aliphatic rings. The molecule has 0 aromatic carbocycles. The van der Waals surface area contributed by atoms with Crippen molar-refractivity contribution in [3.63, 3.8) is 0 Å². The molecular weight excluding hydrogens is 154 g/mol. The van der Waals surface area contributed by atoms with E-state index in [1.807, 2.05) is 26.0 Å². The summed E-state index contributed by atoms with van der Waals surface area (Å²) in [5, 5.41) is 0. The van der Waals surface area contributed by atoms with Crippen LogP contribution >= 0.6 is 12.8 Å². The summed E-state index contributed by atoms with van der Waals surface area (Å²) < 4.78 is 3.86. The van der Waals surface area contributed by atoms with Crippen LogP contribution in [0.2, 0.25) is 0 Å². The van der Waals surface area contributed by atoms with Crippen molar-refractivity contribution in [2.75, 3.05) is 0 Å². The summed E-state index contributed by atoms with van der Waals surface area (Å²) in [5.74, 6) is 0. The van der Waals surface area contributed by atoms with Gasteiger partial charge in [-0.05, 0) is 43.4 Å². The summed E-state index contributed by atoms with van der Waals surface area (Å²) in [5.41, 5.74) is 4.15. The van der Waals surface area contributed by atoms with Crippen LogP contribution in [0.1, 0.15) is 13.8 Å². The van der Waals surface area contributed by atoms with Crippen molar-refractivity contribution in [1.82, 2.24) is 0 Å². The van der Waals surface area contributed by atoms with Crippen molar-refractivity contribution >= 4 is 18.5 Å². The highest BCUT2D eigenvalue weighted by atomic mass is 32.1. The quantitative estimate of drug-likeness (QED) is 0.530. The van der Waals surface area contributed by atoms with E-state index in [2.05, 4.69) is 23.8 Å². The van der Waals surface area contributed by atoms with Crippen LogP contribution in [0.5, 0.6) is 0 Å². The van der Waals surface area contributed by atoms with Gasteiger partial charge in [0.2, 0.25) is 0 Å². The Bertz CT molecular complexity index is 278. The standard InChI is InChI=1S/C9H11NS/c1-6-4-5-7(2)9(10-11)8(6)3/h4-5,11H,3H2,1-2H3/b10-9-. The predicted octanol–water partition coefficient (Wildman–Crippen LogP) is 2.73. The summed E-state index contributed by atoms with van der Waals surface area (Å²) in [7, 11) is 0. The van der Waals surface area contributed by atoms with E-state index >= 15 is 0 Å². The van der Waals surface area contributed by atoms with Gasteiger partial charge in [0.05, 0.1) is 5.71 Å². The van der Waals surface area contributed by atoms with E-state index < -0.39 is 0 Å². The van der Waals surface area contributed by atoms with E-state index in [1.165, 1.54) is 0 Å². The Morgan fingerprint density at radius 3 is 2.27 bits per heavy atom. The molecule has 0 amide bonds. The lowest BCUT2D eigenvalue weighted by molar-refractivity contribution is 1.40. The molecule has 0 fully saturated rings. The van der Waals surface area contributed by atoms with Crippen molar-refractivity contribution in [3.8, 4) is 0 Å². The lowest BCUT2D eigenvalue weighted by Crippen LogP contribution is -2.07. The second-order valence-electron chi connectivity index (χ2n) is 2.63. The Morgan fingerprint density at radius 2 is 1.82 bits per heavy atom. The van der Waals surface area contributed by atoms with Crippen molar-refractivity contribution in [1.29, 1.82) is 0 Å². The average Bonchev–Trinajstić information content (AvgIpc) is 1.99. The molecule has 0 bridgehead atoms. The highest BCUT2D eigenvalue weighted by Crippen LogP contribution is 2.20. The van der Waals surface area contributed by atoms with Crippen molar-refractivity contribution in [2.45, 2.75) is 13.8 Å². The van der Waals surface area contributed by atoms with Gasteiger partial charge in [0, 0.05) is 0 Å². The topological polar surface area (TPSA) is 12.4 Å². The average molecular weight is 165 g/mol. The molecule has 58 valence electrons. The highest BCUT2D eigenvalue weighted by molar-refractivity contribution is 7.79. The number of hydrogen-bond donors (Lipinski definition) is 1. The third-order valence-corrected chi connectivity index (χ3v) is 2.02. The number of rotatable bonds is 0. The molecule has 0 N–H and O–H groups in total. The molecule has 1 nitrogen and oxygen atoms in total. The maximum absolute atomic E-state index is 3.91. The van der Waals surface area contributed by atoms with Crippen LogP contribution in [0, 0.1) is 0 Å². The van der Waals surface area contributed by atoms with Gasteiger partial charge in [0.1, 0.15) is 0 Å². The molecule has 0 aliphatic heterocycles. The fourth-order valence-electron chi connectivity index (χ4n) is 0.994. The molecule has 1 aliphatic carbocycles. The van der Waals surface area contributed by atoms with Crippen molar-refractivity contribution in [2.24, 2.45) is 4.40 Å². The summed E-state index contributed by atoms with van der Waals surface area (Å²) in [6, 6.07) is 0. The zero-order valence-corrected chi connectivity index (χ0v) is 7.65. The molecule has 0 saturated heterocycles. The van der Waals surface area contributed by atoms with Gasteiger partial charge in [-0.15, -0.1) is 0 Å². The molecule has 0 radical (unpaired) electrons. The minimum absolute atomic E-state index is 0.897. The van der Waals surface area contributed by atoms with Gasteiger partial charge < -0.3 is 0 Å². The van der Waals surface area contributed by atoms with E-state index in [1.54, 1.807) is 0 Å². The second-order valence-corrected chi connectivity index (χ2v) is 2.83. The lowest BCUT2D eigenvalue weighted by Gasteiger charge is -2.13. The zero-order valence-electron chi connectivity index (χ0n) is 6.76. The van der Waals surface area contributed by atoms with Crippen LogP contribution in [-0.2, 0) is 0 Å². The third-order valence-electron chi connectivity index (χ3n) is 1.82. The van der Waals surface area contributed by atoms with Crippen LogP contribution in [0.4, 0.5) is 0 Å². The van der Waals surface area contributed by atoms with Crippen LogP contribution in [0.15, 0.2) is 39.8 Å². The highest BCUT2D eigenvalue weighted by Gasteiger charge is 2.11. The fraction of sp³-hybridized carbons (Fsp3) is 0.222. The molecule has 0 aromatic heterocycles. The largest absolute Gasteiger partial charge is 0.219 e. The van der Waals surface area contributed by atoms with E-state index in [-0.39, 0.29) is 0 Å². The summed E-state index contributed by atoms with van der Waals surface area (Å²) in [6.07, 6.45) is 4.07. The SMILES string of the molecule is C=C1C(C)=CC=C(C)/C1=N/S. The molecule has 0 aromatic rings. The first-order valence-electron chi connectivity index (χ1n) is 3.44. The first-order chi connectivity index (χ1) is 5.16. The van der Waals surface area contributed by atoms with Gasteiger partial charge in [-0.2, -0.15) is 0 Å². The summed E-state index contributed by atoms with van der Waals surface area (Å²) in [4.78, 5) is 0.